The number of hydrogen-bond acceptors (Lipinski definition) is 2. The Balaban J connectivity index is 1.76. The summed E-state index contributed by atoms with van der Waals surface area (Å²) in [6, 6.07) is 6.04. The standard InChI is InChI=1S/C16H23FN2/c17-16-13(6-3-8-14(16)18)11-19-10-4-7-12-5-1-2-9-15(12)19/h3,6,8,12,15H,1-2,4-5,7,9-11,18H2/t12-,15-/m1/s1. The summed E-state index contributed by atoms with van der Waals surface area (Å²) in [6.07, 6.45) is 7.97. The number of halogens is 1. The van der Waals surface area contributed by atoms with E-state index < -0.39 is 0 Å². The van der Waals surface area contributed by atoms with Crippen molar-refractivity contribution in [2.45, 2.75) is 51.1 Å². The van der Waals surface area contributed by atoms with Gasteiger partial charge in [-0.1, -0.05) is 25.0 Å². The van der Waals surface area contributed by atoms with Gasteiger partial charge in [-0.05, 0) is 44.2 Å². The molecule has 2 nitrogen and oxygen atoms in total. The van der Waals surface area contributed by atoms with Crippen LogP contribution in [-0.2, 0) is 6.54 Å². The fourth-order valence-electron chi connectivity index (χ4n) is 3.86. The van der Waals surface area contributed by atoms with Gasteiger partial charge >= 0.3 is 0 Å². The van der Waals surface area contributed by atoms with Gasteiger partial charge in [0.15, 0.2) is 5.82 Å². The van der Waals surface area contributed by atoms with Crippen molar-refractivity contribution < 1.29 is 4.39 Å². The molecule has 0 aromatic heterocycles. The number of anilines is 1. The van der Waals surface area contributed by atoms with Crippen LogP contribution < -0.4 is 5.73 Å². The summed E-state index contributed by atoms with van der Waals surface area (Å²) >= 11 is 0. The van der Waals surface area contributed by atoms with Gasteiger partial charge in [0.05, 0.1) is 5.69 Å². The lowest BCUT2D eigenvalue weighted by atomic mass is 9.78. The summed E-state index contributed by atoms with van der Waals surface area (Å²) in [7, 11) is 0. The number of nitrogen functional groups attached to an aromatic ring is 1. The van der Waals surface area contributed by atoms with Gasteiger partial charge in [0.2, 0.25) is 0 Å². The molecular weight excluding hydrogens is 239 g/mol. The molecule has 1 saturated heterocycles. The van der Waals surface area contributed by atoms with Crippen LogP contribution in [0.4, 0.5) is 10.1 Å². The fourth-order valence-corrected chi connectivity index (χ4v) is 3.86. The van der Waals surface area contributed by atoms with Gasteiger partial charge in [-0.2, -0.15) is 0 Å². The third-order valence-electron chi connectivity index (χ3n) is 4.84. The summed E-state index contributed by atoms with van der Waals surface area (Å²) in [6.45, 7) is 1.83. The van der Waals surface area contributed by atoms with E-state index in [9.17, 15) is 4.39 Å². The molecule has 1 aromatic carbocycles. The van der Waals surface area contributed by atoms with Crippen molar-refractivity contribution in [3.05, 3.63) is 29.6 Å². The predicted octanol–water partition coefficient (Wildman–Crippen LogP) is 3.56. The maximum Gasteiger partial charge on any atom is 0.150 e. The average Bonchev–Trinajstić information content (AvgIpc) is 2.44. The van der Waals surface area contributed by atoms with Crippen LogP contribution in [0, 0.1) is 11.7 Å². The van der Waals surface area contributed by atoms with Crippen molar-refractivity contribution >= 4 is 5.69 Å². The smallest absolute Gasteiger partial charge is 0.150 e. The first-order valence-corrected chi connectivity index (χ1v) is 7.52. The Morgan fingerprint density at radius 2 is 1.95 bits per heavy atom. The highest BCUT2D eigenvalue weighted by Crippen LogP contribution is 2.36. The van der Waals surface area contributed by atoms with Gasteiger partial charge in [-0.3, -0.25) is 4.90 Å². The van der Waals surface area contributed by atoms with Gasteiger partial charge in [0.25, 0.3) is 0 Å². The predicted molar refractivity (Wildman–Crippen MR) is 76.2 cm³/mol. The molecule has 0 amide bonds. The quantitative estimate of drug-likeness (QED) is 0.826. The first kappa shape index (κ1) is 12.9. The number of piperidine rings is 1. The van der Waals surface area contributed by atoms with E-state index in [0.29, 0.717) is 6.04 Å². The lowest BCUT2D eigenvalue weighted by molar-refractivity contribution is 0.0539. The monoisotopic (exact) mass is 262 g/mol. The minimum Gasteiger partial charge on any atom is -0.396 e. The molecule has 2 aliphatic rings. The molecule has 2 atom stereocenters. The number of fused-ring (bicyclic) bond motifs is 1. The van der Waals surface area contributed by atoms with E-state index in [1.165, 1.54) is 38.5 Å². The summed E-state index contributed by atoms with van der Waals surface area (Å²) < 4.78 is 14.0. The molecule has 19 heavy (non-hydrogen) atoms. The Labute approximate surface area is 114 Å². The molecule has 1 saturated carbocycles. The van der Waals surface area contributed by atoms with Crippen LogP contribution >= 0.6 is 0 Å². The highest BCUT2D eigenvalue weighted by molar-refractivity contribution is 5.42. The summed E-state index contributed by atoms with van der Waals surface area (Å²) in [5.41, 5.74) is 6.69. The van der Waals surface area contributed by atoms with E-state index in [4.69, 9.17) is 5.73 Å². The molecule has 0 spiro atoms. The normalized spacial score (nSPS) is 28.1. The minimum absolute atomic E-state index is 0.222. The Bertz CT molecular complexity index is 444. The molecule has 3 rings (SSSR count). The van der Waals surface area contributed by atoms with E-state index in [1.54, 1.807) is 6.07 Å². The number of nitrogens with zero attached hydrogens (tertiary/aromatic N) is 1. The second kappa shape index (κ2) is 5.49. The zero-order chi connectivity index (χ0) is 13.2. The zero-order valence-corrected chi connectivity index (χ0v) is 11.4. The summed E-state index contributed by atoms with van der Waals surface area (Å²) in [5.74, 6) is 0.618. The average molecular weight is 262 g/mol. The molecule has 0 unspecified atom stereocenters. The molecule has 2 N–H and O–H groups in total. The molecular formula is C16H23FN2. The van der Waals surface area contributed by atoms with Crippen molar-refractivity contribution in [1.82, 2.24) is 4.90 Å². The van der Waals surface area contributed by atoms with Crippen LogP contribution in [0.3, 0.4) is 0 Å². The molecule has 2 fully saturated rings. The largest absolute Gasteiger partial charge is 0.396 e. The summed E-state index contributed by atoms with van der Waals surface area (Å²) in [4.78, 5) is 2.49. The van der Waals surface area contributed by atoms with Crippen LogP contribution in [0.5, 0.6) is 0 Å². The zero-order valence-electron chi connectivity index (χ0n) is 11.4. The summed E-state index contributed by atoms with van der Waals surface area (Å²) in [5, 5.41) is 0. The van der Waals surface area contributed by atoms with E-state index in [0.717, 1.165) is 24.6 Å². The minimum atomic E-state index is -0.222. The van der Waals surface area contributed by atoms with E-state index in [2.05, 4.69) is 4.90 Å². The molecule has 1 heterocycles. The Kier molecular flexibility index (Phi) is 3.74. The second-order valence-corrected chi connectivity index (χ2v) is 6.04. The van der Waals surface area contributed by atoms with E-state index in [1.807, 2.05) is 12.1 Å². The van der Waals surface area contributed by atoms with Crippen molar-refractivity contribution in [3.63, 3.8) is 0 Å². The maximum absolute atomic E-state index is 14.0. The second-order valence-electron chi connectivity index (χ2n) is 6.04. The molecule has 104 valence electrons. The lowest BCUT2D eigenvalue weighted by Gasteiger charge is -2.44. The molecule has 3 heteroatoms. The first-order chi connectivity index (χ1) is 9.25. The van der Waals surface area contributed by atoms with Crippen LogP contribution in [0.15, 0.2) is 18.2 Å². The topological polar surface area (TPSA) is 29.3 Å². The Hall–Kier alpha value is -1.09. The molecule has 0 bridgehead atoms. The van der Waals surface area contributed by atoms with Gasteiger partial charge in [-0.25, -0.2) is 4.39 Å². The van der Waals surface area contributed by atoms with Crippen molar-refractivity contribution in [2.75, 3.05) is 12.3 Å². The van der Waals surface area contributed by atoms with Crippen molar-refractivity contribution in [2.24, 2.45) is 5.92 Å². The lowest BCUT2D eigenvalue weighted by Crippen LogP contribution is -2.46. The van der Waals surface area contributed by atoms with Gasteiger partial charge in [-0.15, -0.1) is 0 Å². The molecule has 1 aliphatic carbocycles. The van der Waals surface area contributed by atoms with Gasteiger partial charge in [0, 0.05) is 18.2 Å². The SMILES string of the molecule is Nc1cccc(CN2CCC[C@H]3CCCC[C@H]32)c1F. The number of benzene rings is 1. The van der Waals surface area contributed by atoms with Gasteiger partial charge in [0.1, 0.15) is 0 Å². The Morgan fingerprint density at radius 1 is 1.16 bits per heavy atom. The van der Waals surface area contributed by atoms with E-state index in [-0.39, 0.29) is 11.5 Å². The molecule has 1 aliphatic heterocycles. The first-order valence-electron chi connectivity index (χ1n) is 7.52. The number of nitrogens with two attached hydrogens (primary N) is 1. The Morgan fingerprint density at radius 3 is 2.84 bits per heavy atom. The highest BCUT2D eigenvalue weighted by Gasteiger charge is 2.33. The van der Waals surface area contributed by atoms with Crippen molar-refractivity contribution in [3.8, 4) is 0 Å². The van der Waals surface area contributed by atoms with Crippen LogP contribution in [0.2, 0.25) is 0 Å². The number of rotatable bonds is 2. The maximum atomic E-state index is 14.0. The van der Waals surface area contributed by atoms with Crippen LogP contribution in [-0.4, -0.2) is 17.5 Å². The highest BCUT2D eigenvalue weighted by atomic mass is 19.1. The van der Waals surface area contributed by atoms with Crippen LogP contribution in [0.1, 0.15) is 44.1 Å². The molecule has 0 radical (unpaired) electrons. The molecule has 1 aromatic rings. The number of hydrogen-bond donors (Lipinski definition) is 1. The van der Waals surface area contributed by atoms with E-state index >= 15 is 0 Å². The van der Waals surface area contributed by atoms with Gasteiger partial charge < -0.3 is 5.73 Å². The van der Waals surface area contributed by atoms with Crippen LogP contribution in [0.25, 0.3) is 0 Å². The third-order valence-corrected chi connectivity index (χ3v) is 4.84. The number of likely N-dealkylation sites (tertiary alicyclic amines) is 1. The fraction of sp³-hybridized carbons (Fsp3) is 0.625. The van der Waals surface area contributed by atoms with Crippen molar-refractivity contribution in [1.29, 1.82) is 0 Å². The third kappa shape index (κ3) is 2.62.